The Hall–Kier alpha value is -2.37. The van der Waals surface area contributed by atoms with Gasteiger partial charge in [-0.25, -0.2) is 13.6 Å². The lowest BCUT2D eigenvalue weighted by molar-refractivity contribution is -0.112. The number of nitrogens with zero attached hydrogens (tertiary/aromatic N) is 1. The van der Waals surface area contributed by atoms with Crippen LogP contribution >= 0.6 is 23.2 Å². The predicted molar refractivity (Wildman–Crippen MR) is 96.5 cm³/mol. The normalized spacial score (nSPS) is 11.7. The van der Waals surface area contributed by atoms with Crippen LogP contribution in [0.3, 0.4) is 0 Å². The molecule has 0 radical (unpaired) electrons. The maximum absolute atomic E-state index is 12.2. The van der Waals surface area contributed by atoms with E-state index in [4.69, 9.17) is 28.3 Å². The molecule has 0 spiro atoms. The van der Waals surface area contributed by atoms with Crippen molar-refractivity contribution in [3.8, 4) is 6.07 Å². The Morgan fingerprint density at radius 2 is 1.80 bits per heavy atom. The summed E-state index contributed by atoms with van der Waals surface area (Å²) < 4.78 is 22.4. The number of hydrogen-bond donors (Lipinski definition) is 2. The Bertz CT molecular complexity index is 994. The molecule has 0 fully saturated rings. The molecule has 0 heterocycles. The molecule has 1 amide bonds. The molecule has 9 heteroatoms. The van der Waals surface area contributed by atoms with E-state index in [1.54, 1.807) is 24.3 Å². The fourth-order valence-electron chi connectivity index (χ4n) is 1.86. The first-order valence-corrected chi connectivity index (χ1v) is 9.02. The van der Waals surface area contributed by atoms with Gasteiger partial charge in [-0.15, -0.1) is 0 Å². The van der Waals surface area contributed by atoms with Gasteiger partial charge in [-0.1, -0.05) is 35.3 Å². The number of benzene rings is 2. The standard InChI is InChI=1S/C16H11Cl2N3O3S/c17-14-3-1-2-10(15(14)18)8-11(9-19)16(22)21-12-4-6-13(7-5-12)25(20,23)24/h1-8H,(H,21,22)(H2,20,23,24). The summed E-state index contributed by atoms with van der Waals surface area (Å²) in [7, 11) is -3.82. The first-order chi connectivity index (χ1) is 11.7. The van der Waals surface area contributed by atoms with E-state index in [0.717, 1.165) is 0 Å². The first-order valence-electron chi connectivity index (χ1n) is 6.72. The van der Waals surface area contributed by atoms with Crippen LogP contribution in [0.25, 0.3) is 6.08 Å². The van der Waals surface area contributed by atoms with Crippen molar-refractivity contribution >= 4 is 50.9 Å². The Morgan fingerprint density at radius 3 is 2.36 bits per heavy atom. The van der Waals surface area contributed by atoms with Crippen LogP contribution in [-0.2, 0) is 14.8 Å². The lowest BCUT2D eigenvalue weighted by Gasteiger charge is -2.06. The zero-order valence-corrected chi connectivity index (χ0v) is 14.9. The van der Waals surface area contributed by atoms with E-state index in [9.17, 15) is 18.5 Å². The minimum absolute atomic E-state index is 0.0905. The van der Waals surface area contributed by atoms with Crippen LogP contribution in [0.1, 0.15) is 5.56 Å². The predicted octanol–water partition coefficient (Wildman–Crippen LogP) is 3.19. The van der Waals surface area contributed by atoms with Crippen LogP contribution in [0.15, 0.2) is 52.9 Å². The highest BCUT2D eigenvalue weighted by molar-refractivity contribution is 7.89. The molecule has 0 bridgehead atoms. The minimum Gasteiger partial charge on any atom is -0.321 e. The minimum atomic E-state index is -3.82. The molecule has 3 N–H and O–H groups in total. The van der Waals surface area contributed by atoms with E-state index >= 15 is 0 Å². The van der Waals surface area contributed by atoms with E-state index in [0.29, 0.717) is 16.3 Å². The highest BCUT2D eigenvalue weighted by Crippen LogP contribution is 2.27. The molecule has 2 aromatic rings. The van der Waals surface area contributed by atoms with E-state index in [-0.39, 0.29) is 15.5 Å². The van der Waals surface area contributed by atoms with Gasteiger partial charge in [0.15, 0.2) is 0 Å². The van der Waals surface area contributed by atoms with Crippen LogP contribution < -0.4 is 10.5 Å². The fraction of sp³-hybridized carbons (Fsp3) is 0. The topological polar surface area (TPSA) is 113 Å². The number of nitrogens with two attached hydrogens (primary N) is 1. The van der Waals surface area contributed by atoms with E-state index < -0.39 is 15.9 Å². The zero-order chi connectivity index (χ0) is 18.6. The molecule has 2 rings (SSSR count). The van der Waals surface area contributed by atoms with Gasteiger partial charge in [-0.2, -0.15) is 5.26 Å². The molecule has 0 saturated heterocycles. The van der Waals surface area contributed by atoms with Crippen molar-refractivity contribution in [1.82, 2.24) is 0 Å². The van der Waals surface area contributed by atoms with Crippen molar-refractivity contribution in [2.75, 3.05) is 5.32 Å². The van der Waals surface area contributed by atoms with Gasteiger partial charge in [-0.3, -0.25) is 4.79 Å². The van der Waals surface area contributed by atoms with Crippen molar-refractivity contribution in [3.05, 3.63) is 63.6 Å². The van der Waals surface area contributed by atoms with Crippen LogP contribution in [0.5, 0.6) is 0 Å². The zero-order valence-electron chi connectivity index (χ0n) is 12.5. The molecule has 0 aliphatic heterocycles. The maximum atomic E-state index is 12.2. The van der Waals surface area contributed by atoms with Crippen LogP contribution in [0, 0.1) is 11.3 Å². The van der Waals surface area contributed by atoms with Gasteiger partial charge in [0.1, 0.15) is 11.6 Å². The first kappa shape index (κ1) is 19.0. The molecule has 0 aliphatic rings. The third-order valence-corrected chi connectivity index (χ3v) is 4.85. The highest BCUT2D eigenvalue weighted by Gasteiger charge is 2.12. The summed E-state index contributed by atoms with van der Waals surface area (Å²) in [6, 6.07) is 11.8. The summed E-state index contributed by atoms with van der Waals surface area (Å²) in [5, 5.41) is 17.2. The molecule has 0 aliphatic carbocycles. The molecule has 0 atom stereocenters. The molecule has 0 aromatic heterocycles. The smallest absolute Gasteiger partial charge is 0.266 e. The van der Waals surface area contributed by atoms with Gasteiger partial charge in [-0.05, 0) is 42.0 Å². The SMILES string of the molecule is N#CC(=Cc1cccc(Cl)c1Cl)C(=O)Nc1ccc(S(N)(=O)=O)cc1. The third-order valence-electron chi connectivity index (χ3n) is 3.09. The second kappa shape index (κ2) is 7.68. The van der Waals surface area contributed by atoms with Gasteiger partial charge in [0.25, 0.3) is 5.91 Å². The number of hydrogen-bond acceptors (Lipinski definition) is 4. The molecule has 0 unspecified atom stereocenters. The quantitative estimate of drug-likeness (QED) is 0.610. The molecular weight excluding hydrogens is 385 g/mol. The second-order valence-electron chi connectivity index (χ2n) is 4.84. The number of carbonyl (C=O) groups is 1. The Morgan fingerprint density at radius 1 is 1.16 bits per heavy atom. The van der Waals surface area contributed by atoms with Crippen molar-refractivity contribution in [3.63, 3.8) is 0 Å². The summed E-state index contributed by atoms with van der Waals surface area (Å²) in [6.45, 7) is 0. The van der Waals surface area contributed by atoms with E-state index in [1.807, 2.05) is 0 Å². The molecule has 6 nitrogen and oxygen atoms in total. The monoisotopic (exact) mass is 395 g/mol. The van der Waals surface area contributed by atoms with Crippen molar-refractivity contribution in [2.24, 2.45) is 5.14 Å². The number of rotatable bonds is 4. The Labute approximate surface area is 154 Å². The molecule has 2 aromatic carbocycles. The number of nitriles is 1. The maximum Gasteiger partial charge on any atom is 0.266 e. The summed E-state index contributed by atoms with van der Waals surface area (Å²) in [6.07, 6.45) is 1.31. The lowest BCUT2D eigenvalue weighted by atomic mass is 10.1. The number of nitrogens with one attached hydrogen (secondary N) is 1. The average Bonchev–Trinajstić information content (AvgIpc) is 2.55. The summed E-state index contributed by atoms with van der Waals surface area (Å²) in [5.74, 6) is -0.679. The third kappa shape index (κ3) is 4.81. The van der Waals surface area contributed by atoms with Gasteiger partial charge >= 0.3 is 0 Å². The number of carbonyl (C=O) groups excluding carboxylic acids is 1. The number of anilines is 1. The number of amides is 1. The van der Waals surface area contributed by atoms with Crippen LogP contribution in [0.4, 0.5) is 5.69 Å². The van der Waals surface area contributed by atoms with Gasteiger partial charge in [0.2, 0.25) is 10.0 Å². The summed E-state index contributed by atoms with van der Waals surface area (Å²) in [5.41, 5.74) is 0.529. The molecule has 0 saturated carbocycles. The van der Waals surface area contributed by atoms with Crippen LogP contribution in [0.2, 0.25) is 10.0 Å². The molecular formula is C16H11Cl2N3O3S. The largest absolute Gasteiger partial charge is 0.321 e. The van der Waals surface area contributed by atoms with Crippen molar-refractivity contribution in [1.29, 1.82) is 5.26 Å². The Kier molecular flexibility index (Phi) is 5.82. The van der Waals surface area contributed by atoms with E-state index in [2.05, 4.69) is 5.32 Å². The van der Waals surface area contributed by atoms with Crippen molar-refractivity contribution in [2.45, 2.75) is 4.90 Å². The van der Waals surface area contributed by atoms with Crippen molar-refractivity contribution < 1.29 is 13.2 Å². The second-order valence-corrected chi connectivity index (χ2v) is 7.18. The number of primary sulfonamides is 1. The molecule has 128 valence electrons. The number of halogens is 2. The fourth-order valence-corrected chi connectivity index (χ4v) is 2.74. The van der Waals surface area contributed by atoms with Gasteiger partial charge < -0.3 is 5.32 Å². The van der Waals surface area contributed by atoms with Gasteiger partial charge in [0.05, 0.1) is 14.9 Å². The average molecular weight is 396 g/mol. The highest BCUT2D eigenvalue weighted by atomic mass is 35.5. The lowest BCUT2D eigenvalue weighted by Crippen LogP contribution is -2.14. The van der Waals surface area contributed by atoms with Crippen LogP contribution in [-0.4, -0.2) is 14.3 Å². The summed E-state index contributed by atoms with van der Waals surface area (Å²) in [4.78, 5) is 12.1. The van der Waals surface area contributed by atoms with Gasteiger partial charge in [0, 0.05) is 5.69 Å². The van der Waals surface area contributed by atoms with E-state index in [1.165, 1.54) is 30.3 Å². The summed E-state index contributed by atoms with van der Waals surface area (Å²) >= 11 is 11.9. The number of sulfonamides is 1. The Balaban J connectivity index is 2.25. The molecule has 25 heavy (non-hydrogen) atoms.